The summed E-state index contributed by atoms with van der Waals surface area (Å²) in [6.45, 7) is 7.47. The molecule has 4 atom stereocenters. The van der Waals surface area contributed by atoms with E-state index < -0.39 is 17.8 Å². The number of amides is 1. The molecule has 1 fully saturated rings. The fourth-order valence-corrected chi connectivity index (χ4v) is 3.36. The number of carboxylic acids is 1. The number of aromatic nitrogens is 1. The molecule has 0 aliphatic heterocycles. The maximum absolute atomic E-state index is 12.4. The van der Waals surface area contributed by atoms with Gasteiger partial charge in [0.25, 0.3) is 0 Å². The van der Waals surface area contributed by atoms with Crippen molar-refractivity contribution in [3.05, 3.63) is 17.0 Å². The highest BCUT2D eigenvalue weighted by Crippen LogP contribution is 2.37. The van der Waals surface area contributed by atoms with Crippen LogP contribution in [0, 0.1) is 31.6 Å². The first-order valence-electron chi connectivity index (χ1n) is 7.27. The lowest BCUT2D eigenvalue weighted by Gasteiger charge is -2.19. The summed E-state index contributed by atoms with van der Waals surface area (Å²) in [7, 11) is 0. The Morgan fingerprint density at radius 2 is 1.95 bits per heavy atom. The molecule has 1 heterocycles. The number of nitrogens with zero attached hydrogens (tertiary/aromatic N) is 1. The zero-order chi connectivity index (χ0) is 15.7. The molecule has 0 spiro atoms. The Balaban J connectivity index is 2.09. The number of rotatable bonds is 4. The molecule has 116 valence electrons. The Morgan fingerprint density at radius 3 is 2.48 bits per heavy atom. The second kappa shape index (κ2) is 5.87. The van der Waals surface area contributed by atoms with E-state index in [0.29, 0.717) is 18.6 Å². The van der Waals surface area contributed by atoms with Crippen molar-refractivity contribution in [3.63, 3.8) is 0 Å². The third-order valence-corrected chi connectivity index (χ3v) is 4.33. The molecular formula is C15H22N2O4. The van der Waals surface area contributed by atoms with E-state index in [-0.39, 0.29) is 17.9 Å². The van der Waals surface area contributed by atoms with Crippen LogP contribution in [-0.4, -0.2) is 22.1 Å². The van der Waals surface area contributed by atoms with Gasteiger partial charge in [0.1, 0.15) is 5.76 Å². The molecule has 2 unspecified atom stereocenters. The summed E-state index contributed by atoms with van der Waals surface area (Å²) >= 11 is 0. The van der Waals surface area contributed by atoms with Gasteiger partial charge in [0, 0.05) is 5.56 Å². The van der Waals surface area contributed by atoms with E-state index >= 15 is 0 Å². The highest BCUT2D eigenvalue weighted by Gasteiger charge is 2.41. The molecule has 2 rings (SSSR count). The van der Waals surface area contributed by atoms with Gasteiger partial charge >= 0.3 is 5.97 Å². The lowest BCUT2D eigenvalue weighted by atomic mass is 9.94. The summed E-state index contributed by atoms with van der Waals surface area (Å²) in [6, 6.07) is -0.242. The lowest BCUT2D eigenvalue weighted by Crippen LogP contribution is -2.36. The number of carboxylic acid groups (broad SMARTS) is 1. The van der Waals surface area contributed by atoms with E-state index in [9.17, 15) is 14.7 Å². The second-order valence-electron chi connectivity index (χ2n) is 6.10. The van der Waals surface area contributed by atoms with Crippen molar-refractivity contribution in [1.82, 2.24) is 10.5 Å². The van der Waals surface area contributed by atoms with E-state index in [1.807, 2.05) is 20.8 Å². The van der Waals surface area contributed by atoms with E-state index in [4.69, 9.17) is 4.52 Å². The number of hydrogen-bond acceptors (Lipinski definition) is 4. The smallest absolute Gasteiger partial charge is 0.307 e. The molecule has 0 saturated heterocycles. The van der Waals surface area contributed by atoms with Gasteiger partial charge in [-0.25, -0.2) is 0 Å². The summed E-state index contributed by atoms with van der Waals surface area (Å²) in [4.78, 5) is 23.7. The Bertz CT molecular complexity index is 532. The quantitative estimate of drug-likeness (QED) is 0.888. The first kappa shape index (κ1) is 15.5. The van der Waals surface area contributed by atoms with Gasteiger partial charge in [-0.2, -0.15) is 0 Å². The number of carbonyl (C=O) groups is 2. The molecule has 6 nitrogen and oxygen atoms in total. The fraction of sp³-hybridized carbons (Fsp3) is 0.667. The minimum absolute atomic E-state index is 0.195. The van der Waals surface area contributed by atoms with E-state index in [0.717, 1.165) is 11.3 Å². The molecule has 2 N–H and O–H groups in total. The van der Waals surface area contributed by atoms with Crippen LogP contribution >= 0.6 is 0 Å². The molecule has 1 aliphatic carbocycles. The van der Waals surface area contributed by atoms with Crippen LogP contribution in [0.5, 0.6) is 0 Å². The van der Waals surface area contributed by atoms with Crippen molar-refractivity contribution < 1.29 is 19.2 Å². The molecule has 6 heteroatoms. The van der Waals surface area contributed by atoms with Gasteiger partial charge in [-0.05, 0) is 39.5 Å². The molecule has 1 aromatic rings. The average Bonchev–Trinajstić information content (AvgIpc) is 2.93. The summed E-state index contributed by atoms with van der Waals surface area (Å²) < 4.78 is 5.10. The Hall–Kier alpha value is -1.85. The number of nitrogens with one attached hydrogen (secondary N) is 1. The van der Waals surface area contributed by atoms with E-state index in [2.05, 4.69) is 10.5 Å². The Labute approximate surface area is 123 Å². The standard InChI is InChI=1S/C15H22N2O4/c1-7-5-11(12(6-7)15(19)20)14(18)16-8(2)13-9(3)17-21-10(13)4/h7-8,11-12H,5-6H2,1-4H3,(H,16,18)(H,19,20)/t7?,8?,11-,12+/m0/s1. The number of aryl methyl sites for hydroxylation is 2. The predicted molar refractivity (Wildman–Crippen MR) is 75.5 cm³/mol. The largest absolute Gasteiger partial charge is 0.481 e. The maximum Gasteiger partial charge on any atom is 0.307 e. The van der Waals surface area contributed by atoms with Crippen LogP contribution in [0.1, 0.15) is 49.7 Å². The van der Waals surface area contributed by atoms with Crippen LogP contribution in [-0.2, 0) is 9.59 Å². The summed E-state index contributed by atoms with van der Waals surface area (Å²) in [5.74, 6) is -1.19. The molecule has 1 aromatic heterocycles. The van der Waals surface area contributed by atoms with Gasteiger partial charge in [-0.15, -0.1) is 0 Å². The third-order valence-electron chi connectivity index (χ3n) is 4.33. The van der Waals surface area contributed by atoms with Crippen molar-refractivity contribution in [2.45, 2.75) is 46.6 Å². The third kappa shape index (κ3) is 3.09. The molecular weight excluding hydrogens is 272 g/mol. The Morgan fingerprint density at radius 1 is 1.33 bits per heavy atom. The van der Waals surface area contributed by atoms with Gasteiger partial charge in [0.15, 0.2) is 0 Å². The number of aliphatic carboxylic acids is 1. The monoisotopic (exact) mass is 294 g/mol. The van der Waals surface area contributed by atoms with Crippen LogP contribution in [0.4, 0.5) is 0 Å². The van der Waals surface area contributed by atoms with Gasteiger partial charge in [-0.3, -0.25) is 9.59 Å². The number of carbonyl (C=O) groups excluding carboxylic acids is 1. The van der Waals surface area contributed by atoms with Crippen LogP contribution in [0.25, 0.3) is 0 Å². The molecule has 0 bridgehead atoms. The highest BCUT2D eigenvalue weighted by molar-refractivity contribution is 5.85. The SMILES string of the molecule is Cc1noc(C)c1C(C)NC(=O)[C@H]1CC(C)C[C@H]1C(=O)O. The van der Waals surface area contributed by atoms with Crippen molar-refractivity contribution in [1.29, 1.82) is 0 Å². The van der Waals surface area contributed by atoms with Crippen LogP contribution in [0.15, 0.2) is 4.52 Å². The minimum atomic E-state index is -0.885. The first-order valence-corrected chi connectivity index (χ1v) is 7.27. The zero-order valence-corrected chi connectivity index (χ0v) is 12.8. The summed E-state index contributed by atoms with van der Waals surface area (Å²) in [5, 5.41) is 16.0. The van der Waals surface area contributed by atoms with Crippen molar-refractivity contribution in [2.24, 2.45) is 17.8 Å². The van der Waals surface area contributed by atoms with Crippen molar-refractivity contribution in [3.8, 4) is 0 Å². The van der Waals surface area contributed by atoms with Crippen LogP contribution in [0.2, 0.25) is 0 Å². The van der Waals surface area contributed by atoms with Crippen molar-refractivity contribution in [2.75, 3.05) is 0 Å². The molecule has 0 aromatic carbocycles. The van der Waals surface area contributed by atoms with Gasteiger partial charge in [0.2, 0.25) is 5.91 Å². The normalized spacial score (nSPS) is 26.6. The molecule has 21 heavy (non-hydrogen) atoms. The predicted octanol–water partition coefficient (Wildman–Crippen LogP) is 2.22. The van der Waals surface area contributed by atoms with Gasteiger partial charge in [0.05, 0.1) is 23.6 Å². The summed E-state index contributed by atoms with van der Waals surface area (Å²) in [5.41, 5.74) is 1.61. The average molecular weight is 294 g/mol. The second-order valence-corrected chi connectivity index (χ2v) is 6.10. The number of hydrogen-bond donors (Lipinski definition) is 2. The van der Waals surface area contributed by atoms with Crippen LogP contribution in [0.3, 0.4) is 0 Å². The maximum atomic E-state index is 12.4. The van der Waals surface area contributed by atoms with E-state index in [1.165, 1.54) is 0 Å². The Kier molecular flexibility index (Phi) is 4.34. The minimum Gasteiger partial charge on any atom is -0.481 e. The summed E-state index contributed by atoms with van der Waals surface area (Å²) in [6.07, 6.45) is 1.18. The molecule has 1 saturated carbocycles. The zero-order valence-electron chi connectivity index (χ0n) is 12.8. The molecule has 1 aliphatic rings. The lowest BCUT2D eigenvalue weighted by molar-refractivity contribution is -0.146. The highest BCUT2D eigenvalue weighted by atomic mass is 16.5. The van der Waals surface area contributed by atoms with Crippen LogP contribution < -0.4 is 5.32 Å². The van der Waals surface area contributed by atoms with E-state index in [1.54, 1.807) is 6.92 Å². The fourth-order valence-electron chi connectivity index (χ4n) is 3.36. The molecule has 1 amide bonds. The van der Waals surface area contributed by atoms with Gasteiger partial charge in [-0.1, -0.05) is 12.1 Å². The molecule has 0 radical (unpaired) electrons. The topological polar surface area (TPSA) is 92.4 Å². The van der Waals surface area contributed by atoms with Crippen molar-refractivity contribution >= 4 is 11.9 Å². The first-order chi connectivity index (χ1) is 9.81. The van der Waals surface area contributed by atoms with Gasteiger partial charge < -0.3 is 14.9 Å².